The number of ether oxygens (including phenoxy) is 2. The number of esters is 1. The fourth-order valence-electron chi connectivity index (χ4n) is 2.73. The molecule has 2 fully saturated rings. The van der Waals surface area contributed by atoms with Crippen LogP contribution in [0.4, 0.5) is 0 Å². The highest BCUT2D eigenvalue weighted by molar-refractivity contribution is 5.75. The number of hydrogen-bond acceptors (Lipinski definition) is 5. The van der Waals surface area contributed by atoms with E-state index in [1.54, 1.807) is 12.1 Å². The van der Waals surface area contributed by atoms with Gasteiger partial charge in [0.1, 0.15) is 12.2 Å². The van der Waals surface area contributed by atoms with E-state index in [0.717, 1.165) is 13.0 Å². The number of hydrogen-bond donors (Lipinski definition) is 2. The molecule has 1 aromatic carbocycles. The predicted octanol–water partition coefficient (Wildman–Crippen LogP) is 2.30. The molecule has 3 atom stereocenters. The third-order valence-corrected chi connectivity index (χ3v) is 4.29. The number of aliphatic hydroxyl groups excluding tert-OH is 1. The minimum atomic E-state index is -1.37. The lowest BCUT2D eigenvalue weighted by atomic mass is 9.87. The Morgan fingerprint density at radius 1 is 1.17 bits per heavy atom. The molecule has 3 rings (SSSR count). The minimum Gasteiger partial charge on any atom is -0.459 e. The number of fused-ring (bicyclic) bond motifs is 1. The molecule has 2 heterocycles. The normalized spacial score (nSPS) is 26.6. The number of benzene rings is 1. The first kappa shape index (κ1) is 17.9. The van der Waals surface area contributed by atoms with Crippen molar-refractivity contribution in [3.05, 3.63) is 35.4 Å². The maximum Gasteiger partial charge on any atom is 0.311 e. The van der Waals surface area contributed by atoms with Crippen molar-refractivity contribution in [1.29, 1.82) is 0 Å². The summed E-state index contributed by atoms with van der Waals surface area (Å²) in [6.45, 7) is 8.97. The second-order valence-corrected chi connectivity index (χ2v) is 7.13. The van der Waals surface area contributed by atoms with E-state index in [4.69, 9.17) is 19.7 Å². The maximum absolute atomic E-state index is 10.9. The molecule has 5 heteroatoms. The van der Waals surface area contributed by atoms with E-state index in [2.05, 4.69) is 20.8 Å². The Labute approximate surface area is 137 Å². The summed E-state index contributed by atoms with van der Waals surface area (Å²) in [4.78, 5) is 10.9. The molecular formula is C18H26O5. The smallest absolute Gasteiger partial charge is 0.311 e. The minimum absolute atomic E-state index is 0.0486. The predicted molar refractivity (Wildman–Crippen MR) is 85.7 cm³/mol. The van der Waals surface area contributed by atoms with Crippen LogP contribution < -0.4 is 0 Å². The Morgan fingerprint density at radius 3 is 2.26 bits per heavy atom. The fourth-order valence-corrected chi connectivity index (χ4v) is 2.73. The quantitative estimate of drug-likeness (QED) is 0.613. The van der Waals surface area contributed by atoms with Gasteiger partial charge in [-0.1, -0.05) is 45.0 Å². The molecule has 0 spiro atoms. The molecular weight excluding hydrogens is 296 g/mol. The Kier molecular flexibility index (Phi) is 5.45. The number of carbonyl (C=O) groups is 1. The van der Waals surface area contributed by atoms with Crippen LogP contribution >= 0.6 is 0 Å². The summed E-state index contributed by atoms with van der Waals surface area (Å²) in [7, 11) is 0. The highest BCUT2D eigenvalue weighted by Crippen LogP contribution is 2.31. The van der Waals surface area contributed by atoms with Gasteiger partial charge in [-0.15, -0.1) is 0 Å². The third-order valence-electron chi connectivity index (χ3n) is 4.29. The van der Waals surface area contributed by atoms with Crippen LogP contribution in [0.15, 0.2) is 24.3 Å². The van der Waals surface area contributed by atoms with Gasteiger partial charge in [-0.25, -0.2) is 0 Å². The van der Waals surface area contributed by atoms with Crippen molar-refractivity contribution >= 4 is 5.97 Å². The lowest BCUT2D eigenvalue weighted by molar-refractivity contribution is -0.144. The van der Waals surface area contributed by atoms with Crippen LogP contribution in [0.1, 0.15) is 51.5 Å². The summed E-state index contributed by atoms with van der Waals surface area (Å²) in [5.41, 5.74) is 1.84. The molecule has 23 heavy (non-hydrogen) atoms. The topological polar surface area (TPSA) is 76.0 Å². The molecule has 0 saturated carbocycles. The average molecular weight is 322 g/mol. The van der Waals surface area contributed by atoms with Crippen molar-refractivity contribution in [2.24, 2.45) is 5.92 Å². The molecule has 2 N–H and O–H groups in total. The molecule has 5 nitrogen and oxygen atoms in total. The van der Waals surface area contributed by atoms with E-state index in [1.165, 1.54) is 5.56 Å². The van der Waals surface area contributed by atoms with Gasteiger partial charge in [-0.2, -0.15) is 0 Å². The Balaban J connectivity index is 0.000000172. The maximum atomic E-state index is 10.9. The molecule has 0 bridgehead atoms. The van der Waals surface area contributed by atoms with Gasteiger partial charge in [0, 0.05) is 12.0 Å². The number of carbonyl (C=O) groups excluding carboxylic acids is 1. The van der Waals surface area contributed by atoms with Crippen LogP contribution in [0.2, 0.25) is 0 Å². The molecule has 1 unspecified atom stereocenters. The first-order valence-corrected chi connectivity index (χ1v) is 7.99. The van der Waals surface area contributed by atoms with Crippen molar-refractivity contribution in [3.63, 3.8) is 0 Å². The summed E-state index contributed by atoms with van der Waals surface area (Å²) in [5.74, 6) is -0.151. The molecule has 128 valence electrons. The first-order chi connectivity index (χ1) is 10.7. The van der Waals surface area contributed by atoms with Crippen LogP contribution in [0, 0.1) is 5.92 Å². The van der Waals surface area contributed by atoms with Crippen LogP contribution in [0.5, 0.6) is 0 Å². The second-order valence-electron chi connectivity index (χ2n) is 7.13. The zero-order chi connectivity index (χ0) is 17.2. The molecule has 2 aliphatic heterocycles. The third kappa shape index (κ3) is 4.31. The van der Waals surface area contributed by atoms with Crippen LogP contribution in [-0.4, -0.2) is 35.0 Å². The van der Waals surface area contributed by atoms with Gasteiger partial charge in [-0.05, 0) is 17.9 Å². The standard InChI is InChI=1S/C11H16O2.C7H10O3/c1-11(2,3)9-6-4-8(5-7-9)10(12)13;1-4-6-5(2-3-9-6)10-7(4)8/h4-7,10,12-13H,1-3H3;4-6H,2-3H2,1H3/t;4-,5+,6?/m.0/s1. The van der Waals surface area contributed by atoms with Crippen molar-refractivity contribution in [1.82, 2.24) is 0 Å². The molecule has 0 amide bonds. The molecule has 2 aliphatic rings. The molecule has 2 saturated heterocycles. The van der Waals surface area contributed by atoms with E-state index >= 15 is 0 Å². The first-order valence-electron chi connectivity index (χ1n) is 7.99. The van der Waals surface area contributed by atoms with Crippen molar-refractivity contribution < 1.29 is 24.5 Å². The number of aliphatic hydroxyl groups is 2. The van der Waals surface area contributed by atoms with Crippen LogP contribution in [-0.2, 0) is 19.7 Å². The van der Waals surface area contributed by atoms with Crippen LogP contribution in [0.3, 0.4) is 0 Å². The Bertz CT molecular complexity index is 529. The lowest BCUT2D eigenvalue weighted by Gasteiger charge is -2.19. The van der Waals surface area contributed by atoms with E-state index in [0.29, 0.717) is 5.56 Å². The van der Waals surface area contributed by atoms with Gasteiger partial charge in [0.15, 0.2) is 6.29 Å². The van der Waals surface area contributed by atoms with E-state index in [-0.39, 0.29) is 29.5 Å². The highest BCUT2D eigenvalue weighted by atomic mass is 16.6. The largest absolute Gasteiger partial charge is 0.459 e. The van der Waals surface area contributed by atoms with E-state index in [1.807, 2.05) is 19.1 Å². The van der Waals surface area contributed by atoms with Gasteiger partial charge in [-0.3, -0.25) is 4.79 Å². The van der Waals surface area contributed by atoms with Crippen molar-refractivity contribution in [3.8, 4) is 0 Å². The van der Waals surface area contributed by atoms with Crippen molar-refractivity contribution in [2.45, 2.75) is 58.0 Å². The van der Waals surface area contributed by atoms with Crippen LogP contribution in [0.25, 0.3) is 0 Å². The van der Waals surface area contributed by atoms with Gasteiger partial charge >= 0.3 is 5.97 Å². The molecule has 0 aliphatic carbocycles. The molecule has 0 radical (unpaired) electrons. The van der Waals surface area contributed by atoms with E-state index < -0.39 is 6.29 Å². The second kappa shape index (κ2) is 6.99. The molecule has 0 aromatic heterocycles. The van der Waals surface area contributed by atoms with Gasteiger partial charge in [0.2, 0.25) is 0 Å². The fraction of sp³-hybridized carbons (Fsp3) is 0.611. The monoisotopic (exact) mass is 322 g/mol. The van der Waals surface area contributed by atoms with E-state index in [9.17, 15) is 4.79 Å². The molecule has 1 aromatic rings. The van der Waals surface area contributed by atoms with Gasteiger partial charge < -0.3 is 19.7 Å². The summed E-state index contributed by atoms with van der Waals surface area (Å²) in [5, 5.41) is 17.7. The van der Waals surface area contributed by atoms with Gasteiger partial charge in [0.05, 0.1) is 12.5 Å². The summed E-state index contributed by atoms with van der Waals surface area (Å²) in [6, 6.07) is 7.33. The summed E-state index contributed by atoms with van der Waals surface area (Å²) >= 11 is 0. The summed E-state index contributed by atoms with van der Waals surface area (Å²) < 4.78 is 10.3. The van der Waals surface area contributed by atoms with Gasteiger partial charge in [0.25, 0.3) is 0 Å². The average Bonchev–Trinajstić information content (AvgIpc) is 3.03. The highest BCUT2D eigenvalue weighted by Gasteiger charge is 2.45. The Morgan fingerprint density at radius 2 is 1.78 bits per heavy atom. The lowest BCUT2D eigenvalue weighted by Crippen LogP contribution is -2.20. The zero-order valence-corrected chi connectivity index (χ0v) is 14.2. The summed E-state index contributed by atoms with van der Waals surface area (Å²) in [6.07, 6.45) is -0.384. The zero-order valence-electron chi connectivity index (χ0n) is 14.2. The number of rotatable bonds is 1. The SMILES string of the molecule is CC(C)(C)c1ccc(C(O)O)cc1.C[C@@H]1C(=O)O[C@@H]2CCOC12. The van der Waals surface area contributed by atoms with Crippen molar-refractivity contribution in [2.75, 3.05) is 6.61 Å². The Hall–Kier alpha value is -1.43.